The molecule has 2 saturated carbocycles. The van der Waals surface area contributed by atoms with Crippen LogP contribution in [-0.4, -0.2) is 30.6 Å². The van der Waals surface area contributed by atoms with E-state index in [4.69, 9.17) is 10.1 Å². The molecule has 4 aromatic rings. The Balaban J connectivity index is 1.47. The van der Waals surface area contributed by atoms with Gasteiger partial charge in [-0.3, -0.25) is 4.98 Å². The van der Waals surface area contributed by atoms with Crippen LogP contribution in [0.4, 0.5) is 5.82 Å². The number of aromatic nitrogens is 5. The second-order valence-corrected chi connectivity index (χ2v) is 9.51. The minimum atomic E-state index is 0.516. The lowest BCUT2D eigenvalue weighted by molar-refractivity contribution is 0.530. The molecular weight excluding hydrogens is 408 g/mol. The molecule has 6 heteroatoms. The van der Waals surface area contributed by atoms with Gasteiger partial charge in [0.25, 0.3) is 0 Å². The molecule has 0 bridgehead atoms. The highest BCUT2D eigenvalue weighted by atomic mass is 15.3. The average Bonchev–Trinajstić information content (AvgIpc) is 3.61. The zero-order chi connectivity index (χ0) is 22.0. The van der Waals surface area contributed by atoms with Crippen LogP contribution < -0.4 is 5.32 Å². The quantitative estimate of drug-likeness (QED) is 0.403. The van der Waals surface area contributed by atoms with E-state index in [1.54, 1.807) is 6.20 Å². The van der Waals surface area contributed by atoms with Crippen molar-refractivity contribution in [2.75, 3.05) is 5.32 Å². The summed E-state index contributed by atoms with van der Waals surface area (Å²) in [5.74, 6) is 2.69. The Hall–Kier alpha value is -3.28. The normalized spacial score (nSPS) is 17.2. The van der Waals surface area contributed by atoms with Gasteiger partial charge in [0, 0.05) is 36.6 Å². The zero-order valence-electron chi connectivity index (χ0n) is 19.0. The first-order valence-electron chi connectivity index (χ1n) is 12.4. The molecule has 33 heavy (non-hydrogen) atoms. The van der Waals surface area contributed by atoms with Crippen LogP contribution >= 0.6 is 0 Å². The third kappa shape index (κ3) is 4.10. The summed E-state index contributed by atoms with van der Waals surface area (Å²) < 4.78 is 2.05. The van der Waals surface area contributed by atoms with Crippen LogP contribution in [-0.2, 0) is 6.42 Å². The Kier molecular flexibility index (Phi) is 5.50. The summed E-state index contributed by atoms with van der Waals surface area (Å²) in [5.41, 5.74) is 4.95. The molecule has 168 valence electrons. The minimum absolute atomic E-state index is 0.516. The Morgan fingerprint density at radius 2 is 1.76 bits per heavy atom. The Morgan fingerprint density at radius 1 is 0.909 bits per heavy atom. The molecule has 1 N–H and O–H groups in total. The fourth-order valence-corrected chi connectivity index (χ4v) is 5.52. The fourth-order valence-electron chi connectivity index (χ4n) is 5.52. The maximum Gasteiger partial charge on any atom is 0.129 e. The number of rotatable bonds is 6. The Labute approximate surface area is 194 Å². The molecule has 2 aliphatic rings. The number of hydrogen-bond donors (Lipinski definition) is 1. The second-order valence-electron chi connectivity index (χ2n) is 9.51. The van der Waals surface area contributed by atoms with Crippen molar-refractivity contribution < 1.29 is 0 Å². The van der Waals surface area contributed by atoms with E-state index >= 15 is 0 Å². The second kappa shape index (κ2) is 8.93. The lowest BCUT2D eigenvalue weighted by Gasteiger charge is -2.14. The first-order valence-corrected chi connectivity index (χ1v) is 12.4. The van der Waals surface area contributed by atoms with Gasteiger partial charge in [0.05, 0.1) is 16.8 Å². The van der Waals surface area contributed by atoms with E-state index in [1.807, 2.05) is 24.5 Å². The number of nitrogens with zero attached hydrogens (tertiary/aromatic N) is 5. The molecule has 0 amide bonds. The van der Waals surface area contributed by atoms with Gasteiger partial charge in [0.2, 0.25) is 0 Å². The van der Waals surface area contributed by atoms with E-state index in [0.29, 0.717) is 12.0 Å². The number of fused-ring (bicyclic) bond motifs is 1. The van der Waals surface area contributed by atoms with Crippen molar-refractivity contribution in [3.63, 3.8) is 0 Å². The molecule has 6 nitrogen and oxygen atoms in total. The van der Waals surface area contributed by atoms with Crippen LogP contribution in [0, 0.1) is 5.92 Å². The van der Waals surface area contributed by atoms with Gasteiger partial charge in [0.1, 0.15) is 17.3 Å². The monoisotopic (exact) mass is 438 g/mol. The molecule has 0 spiro atoms. The van der Waals surface area contributed by atoms with Gasteiger partial charge < -0.3 is 5.32 Å². The molecule has 4 aromatic heterocycles. The Bertz CT molecular complexity index is 1240. The van der Waals surface area contributed by atoms with Gasteiger partial charge in [-0.1, -0.05) is 44.6 Å². The molecule has 0 radical (unpaired) electrons. The number of hydrogen-bond acceptors (Lipinski definition) is 5. The summed E-state index contributed by atoms with van der Waals surface area (Å²) in [4.78, 5) is 14.0. The number of anilines is 1. The SMILES string of the molecule is c1cncc(-c2nn3c(NC4CCCC4)cccc3c2-c2ccnc(CC3CCCC3)n2)c1. The first kappa shape index (κ1) is 20.3. The average molecular weight is 439 g/mol. The molecule has 0 atom stereocenters. The number of pyridine rings is 2. The van der Waals surface area contributed by atoms with E-state index in [1.165, 1.54) is 51.4 Å². The topological polar surface area (TPSA) is 68.0 Å². The summed E-state index contributed by atoms with van der Waals surface area (Å²) in [5, 5.41) is 8.83. The van der Waals surface area contributed by atoms with E-state index in [9.17, 15) is 0 Å². The molecule has 2 aliphatic carbocycles. The molecule has 0 saturated heterocycles. The van der Waals surface area contributed by atoms with Gasteiger partial charge in [-0.25, -0.2) is 14.5 Å². The Morgan fingerprint density at radius 3 is 2.58 bits per heavy atom. The summed E-state index contributed by atoms with van der Waals surface area (Å²) >= 11 is 0. The molecule has 0 unspecified atom stereocenters. The van der Waals surface area contributed by atoms with E-state index < -0.39 is 0 Å². The fraction of sp³-hybridized carbons (Fsp3) is 0.407. The third-order valence-electron chi connectivity index (χ3n) is 7.21. The molecule has 4 heterocycles. The molecular formula is C27H30N6. The zero-order valence-corrected chi connectivity index (χ0v) is 19.0. The first-order chi connectivity index (χ1) is 16.3. The van der Waals surface area contributed by atoms with Crippen LogP contribution in [0.1, 0.15) is 57.2 Å². The standard InChI is InChI=1S/C27H30N6/c1-2-8-19(7-1)17-24-29-16-14-22(31-24)26-23-12-5-13-25(30-21-10-3-4-11-21)33(23)32-27(26)20-9-6-15-28-18-20/h5-6,9,12-16,18-19,21,30H,1-4,7-8,10-11,17H2. The predicted molar refractivity (Wildman–Crippen MR) is 131 cm³/mol. The molecule has 0 aromatic carbocycles. The van der Waals surface area contributed by atoms with Crippen LogP contribution in [0.2, 0.25) is 0 Å². The van der Waals surface area contributed by atoms with Crippen LogP contribution in [0.15, 0.2) is 55.0 Å². The summed E-state index contributed by atoms with van der Waals surface area (Å²) in [6.07, 6.45) is 16.8. The van der Waals surface area contributed by atoms with Crippen LogP contribution in [0.5, 0.6) is 0 Å². The molecule has 2 fully saturated rings. The van der Waals surface area contributed by atoms with Crippen molar-refractivity contribution in [1.29, 1.82) is 0 Å². The van der Waals surface area contributed by atoms with Gasteiger partial charge >= 0.3 is 0 Å². The highest BCUT2D eigenvalue weighted by Crippen LogP contribution is 2.36. The van der Waals surface area contributed by atoms with E-state index in [2.05, 4.69) is 44.1 Å². The third-order valence-corrected chi connectivity index (χ3v) is 7.21. The van der Waals surface area contributed by atoms with Crippen molar-refractivity contribution in [2.24, 2.45) is 5.92 Å². The molecule has 0 aliphatic heterocycles. The summed E-state index contributed by atoms with van der Waals surface area (Å²) in [6, 6.07) is 13.0. The smallest absolute Gasteiger partial charge is 0.129 e. The lowest BCUT2D eigenvalue weighted by atomic mass is 10.0. The van der Waals surface area contributed by atoms with Crippen molar-refractivity contribution in [1.82, 2.24) is 24.6 Å². The van der Waals surface area contributed by atoms with Crippen molar-refractivity contribution in [3.05, 3.63) is 60.8 Å². The van der Waals surface area contributed by atoms with E-state index in [0.717, 1.165) is 46.1 Å². The van der Waals surface area contributed by atoms with Crippen molar-refractivity contribution in [3.8, 4) is 22.5 Å². The van der Waals surface area contributed by atoms with Crippen LogP contribution in [0.25, 0.3) is 28.0 Å². The summed E-state index contributed by atoms with van der Waals surface area (Å²) in [6.45, 7) is 0. The maximum absolute atomic E-state index is 5.09. The maximum atomic E-state index is 5.09. The van der Waals surface area contributed by atoms with Gasteiger partial charge in [0.15, 0.2) is 0 Å². The largest absolute Gasteiger partial charge is 0.367 e. The van der Waals surface area contributed by atoms with Crippen LogP contribution in [0.3, 0.4) is 0 Å². The number of nitrogens with one attached hydrogen (secondary N) is 1. The highest BCUT2D eigenvalue weighted by molar-refractivity contribution is 5.91. The van der Waals surface area contributed by atoms with Gasteiger partial charge in [-0.05, 0) is 49.1 Å². The highest BCUT2D eigenvalue weighted by Gasteiger charge is 2.22. The molecule has 6 rings (SSSR count). The van der Waals surface area contributed by atoms with Gasteiger partial charge in [-0.15, -0.1) is 0 Å². The van der Waals surface area contributed by atoms with E-state index in [-0.39, 0.29) is 0 Å². The summed E-state index contributed by atoms with van der Waals surface area (Å²) in [7, 11) is 0. The predicted octanol–water partition coefficient (Wildman–Crippen LogP) is 5.94. The van der Waals surface area contributed by atoms with Crippen molar-refractivity contribution in [2.45, 2.75) is 63.8 Å². The van der Waals surface area contributed by atoms with Gasteiger partial charge in [-0.2, -0.15) is 5.10 Å². The van der Waals surface area contributed by atoms with Crippen molar-refractivity contribution >= 4 is 11.3 Å². The lowest BCUT2D eigenvalue weighted by Crippen LogP contribution is -2.16. The minimum Gasteiger partial charge on any atom is -0.367 e.